The Bertz CT molecular complexity index is 463. The highest BCUT2D eigenvalue weighted by Crippen LogP contribution is 2.10. The molecule has 2 rings (SSSR count). The van der Waals surface area contributed by atoms with Gasteiger partial charge in [0, 0.05) is 24.5 Å². The Morgan fingerprint density at radius 1 is 1.23 bits per heavy atom. The number of hydrogen-bond acceptors (Lipinski definition) is 3. The molecule has 0 bridgehead atoms. The fourth-order valence-corrected chi connectivity index (χ4v) is 3.07. The summed E-state index contributed by atoms with van der Waals surface area (Å²) >= 11 is 0. The smallest absolute Gasteiger partial charge is 0.224 e. The molecule has 5 nitrogen and oxygen atoms in total. The van der Waals surface area contributed by atoms with Crippen LogP contribution in [0.15, 0.2) is 12.3 Å². The topological polar surface area (TPSA) is 50.2 Å². The first kappa shape index (κ1) is 17.0. The second-order valence-corrected chi connectivity index (χ2v) is 6.68. The normalized spacial score (nSPS) is 19.4. The van der Waals surface area contributed by atoms with Crippen molar-refractivity contribution >= 4 is 5.91 Å². The molecule has 0 aliphatic carbocycles. The van der Waals surface area contributed by atoms with E-state index in [4.69, 9.17) is 0 Å². The third-order valence-corrected chi connectivity index (χ3v) is 4.44. The number of carbonyl (C=O) groups excluding carboxylic acids is 1. The van der Waals surface area contributed by atoms with Crippen LogP contribution in [0, 0.1) is 12.8 Å². The fourth-order valence-electron chi connectivity index (χ4n) is 3.07. The Morgan fingerprint density at radius 3 is 2.50 bits per heavy atom. The van der Waals surface area contributed by atoms with Gasteiger partial charge in [0.05, 0.1) is 12.5 Å². The maximum absolute atomic E-state index is 12.3. The van der Waals surface area contributed by atoms with E-state index in [0.29, 0.717) is 6.54 Å². The quantitative estimate of drug-likeness (QED) is 0.876. The lowest BCUT2D eigenvalue weighted by molar-refractivity contribution is -0.125. The fraction of sp³-hybridized carbons (Fsp3) is 0.765. The van der Waals surface area contributed by atoms with E-state index in [9.17, 15) is 4.79 Å². The van der Waals surface area contributed by atoms with Crippen molar-refractivity contribution in [2.45, 2.75) is 59.0 Å². The van der Waals surface area contributed by atoms with Crippen LogP contribution in [-0.4, -0.2) is 46.3 Å². The Kier molecular flexibility index (Phi) is 6.43. The molecule has 0 saturated carbocycles. The third-order valence-electron chi connectivity index (χ3n) is 4.44. The van der Waals surface area contributed by atoms with E-state index >= 15 is 0 Å². The standard InChI is InChI=1S/C17H30N4O/c1-14(12-21-16(3)8-9-18-21)17(22)19-15(2)13-20-10-6-4-5-7-11-20/h8-9,14-15H,4-7,10-13H2,1-3H3,(H,19,22)/t14-,15-/m1/s1. The Morgan fingerprint density at radius 2 is 1.91 bits per heavy atom. The summed E-state index contributed by atoms with van der Waals surface area (Å²) < 4.78 is 1.89. The number of nitrogens with zero attached hydrogens (tertiary/aromatic N) is 3. The zero-order valence-corrected chi connectivity index (χ0v) is 14.2. The van der Waals surface area contributed by atoms with Gasteiger partial charge in [0.25, 0.3) is 0 Å². The van der Waals surface area contributed by atoms with Gasteiger partial charge in [-0.15, -0.1) is 0 Å². The third kappa shape index (κ3) is 5.13. The number of carbonyl (C=O) groups is 1. The molecule has 1 fully saturated rings. The van der Waals surface area contributed by atoms with Crippen molar-refractivity contribution in [2.24, 2.45) is 5.92 Å². The highest BCUT2D eigenvalue weighted by Gasteiger charge is 2.18. The lowest BCUT2D eigenvalue weighted by atomic mass is 10.1. The van der Waals surface area contributed by atoms with Gasteiger partial charge >= 0.3 is 0 Å². The van der Waals surface area contributed by atoms with Crippen molar-refractivity contribution < 1.29 is 4.79 Å². The van der Waals surface area contributed by atoms with Crippen LogP contribution in [-0.2, 0) is 11.3 Å². The van der Waals surface area contributed by atoms with Crippen molar-refractivity contribution in [3.05, 3.63) is 18.0 Å². The summed E-state index contributed by atoms with van der Waals surface area (Å²) in [5.74, 6) is 0.0578. The van der Waals surface area contributed by atoms with Gasteiger partial charge in [-0.2, -0.15) is 5.10 Å². The molecule has 2 heterocycles. The van der Waals surface area contributed by atoms with Crippen LogP contribution in [0.4, 0.5) is 0 Å². The van der Waals surface area contributed by atoms with Gasteiger partial charge in [-0.05, 0) is 45.8 Å². The molecule has 1 amide bonds. The van der Waals surface area contributed by atoms with Crippen molar-refractivity contribution in [2.75, 3.05) is 19.6 Å². The van der Waals surface area contributed by atoms with Crippen molar-refractivity contribution in [3.63, 3.8) is 0 Å². The summed E-state index contributed by atoms with van der Waals surface area (Å²) in [6, 6.07) is 2.17. The average Bonchev–Trinajstić information content (AvgIpc) is 2.73. The first-order valence-corrected chi connectivity index (χ1v) is 8.57. The van der Waals surface area contributed by atoms with Gasteiger partial charge < -0.3 is 10.2 Å². The maximum atomic E-state index is 12.3. The zero-order valence-electron chi connectivity index (χ0n) is 14.2. The average molecular weight is 306 g/mol. The number of hydrogen-bond donors (Lipinski definition) is 1. The minimum atomic E-state index is -0.0646. The van der Waals surface area contributed by atoms with E-state index in [1.165, 1.54) is 38.8 Å². The molecule has 1 saturated heterocycles. The van der Waals surface area contributed by atoms with Gasteiger partial charge in [-0.1, -0.05) is 19.8 Å². The summed E-state index contributed by atoms with van der Waals surface area (Å²) in [7, 11) is 0. The lowest BCUT2D eigenvalue weighted by Gasteiger charge is -2.25. The molecule has 0 radical (unpaired) electrons. The number of nitrogens with one attached hydrogen (secondary N) is 1. The molecule has 1 aromatic rings. The number of rotatable bonds is 6. The van der Waals surface area contributed by atoms with Gasteiger partial charge in [0.15, 0.2) is 0 Å². The van der Waals surface area contributed by atoms with Gasteiger partial charge in [-0.25, -0.2) is 0 Å². The molecular weight excluding hydrogens is 276 g/mol. The SMILES string of the molecule is Cc1ccnn1C[C@@H](C)C(=O)N[C@H](C)CN1CCCCCC1. The van der Waals surface area contributed by atoms with Crippen molar-refractivity contribution in [3.8, 4) is 0 Å². The molecule has 22 heavy (non-hydrogen) atoms. The molecule has 0 unspecified atom stereocenters. The largest absolute Gasteiger partial charge is 0.352 e. The summed E-state index contributed by atoms with van der Waals surface area (Å²) in [6.07, 6.45) is 7.04. The van der Waals surface area contributed by atoms with E-state index in [1.54, 1.807) is 6.20 Å². The number of likely N-dealkylation sites (tertiary alicyclic amines) is 1. The predicted octanol–water partition coefficient (Wildman–Crippen LogP) is 2.21. The van der Waals surface area contributed by atoms with Gasteiger partial charge in [0.1, 0.15) is 0 Å². The summed E-state index contributed by atoms with van der Waals surface area (Å²) in [4.78, 5) is 14.8. The molecule has 1 aliphatic rings. The second-order valence-electron chi connectivity index (χ2n) is 6.68. The predicted molar refractivity (Wildman–Crippen MR) is 88.6 cm³/mol. The summed E-state index contributed by atoms with van der Waals surface area (Å²) in [5.41, 5.74) is 1.09. The van der Waals surface area contributed by atoms with Crippen LogP contribution in [0.5, 0.6) is 0 Å². The van der Waals surface area contributed by atoms with Crippen LogP contribution in [0.1, 0.15) is 45.2 Å². The molecule has 5 heteroatoms. The highest BCUT2D eigenvalue weighted by atomic mass is 16.1. The van der Waals surface area contributed by atoms with E-state index in [-0.39, 0.29) is 17.9 Å². The van der Waals surface area contributed by atoms with Crippen LogP contribution in [0.3, 0.4) is 0 Å². The van der Waals surface area contributed by atoms with Crippen molar-refractivity contribution in [1.29, 1.82) is 0 Å². The van der Waals surface area contributed by atoms with Crippen LogP contribution in [0.25, 0.3) is 0 Å². The molecular formula is C17H30N4O. The highest BCUT2D eigenvalue weighted by molar-refractivity contribution is 5.78. The number of aryl methyl sites for hydroxylation is 1. The van der Waals surface area contributed by atoms with E-state index in [2.05, 4.69) is 22.2 Å². The van der Waals surface area contributed by atoms with Crippen LogP contribution < -0.4 is 5.32 Å². The summed E-state index contributed by atoms with van der Waals surface area (Å²) in [5, 5.41) is 7.41. The van der Waals surface area contributed by atoms with E-state index in [0.717, 1.165) is 12.2 Å². The molecule has 1 aromatic heterocycles. The first-order chi connectivity index (χ1) is 10.6. The minimum absolute atomic E-state index is 0.0646. The van der Waals surface area contributed by atoms with Gasteiger partial charge in [-0.3, -0.25) is 9.48 Å². The monoisotopic (exact) mass is 306 g/mol. The number of aromatic nitrogens is 2. The van der Waals surface area contributed by atoms with Crippen molar-refractivity contribution in [1.82, 2.24) is 20.0 Å². The molecule has 1 N–H and O–H groups in total. The maximum Gasteiger partial charge on any atom is 0.224 e. The Labute approximate surface area is 134 Å². The Hall–Kier alpha value is -1.36. The first-order valence-electron chi connectivity index (χ1n) is 8.57. The minimum Gasteiger partial charge on any atom is -0.352 e. The number of amides is 1. The van der Waals surface area contributed by atoms with E-state index < -0.39 is 0 Å². The Balaban J connectivity index is 1.76. The zero-order chi connectivity index (χ0) is 15.9. The second kappa shape index (κ2) is 8.32. The van der Waals surface area contributed by atoms with Crippen LogP contribution in [0.2, 0.25) is 0 Å². The molecule has 124 valence electrons. The summed E-state index contributed by atoms with van der Waals surface area (Å²) in [6.45, 7) is 10.0. The van der Waals surface area contributed by atoms with Gasteiger partial charge in [0.2, 0.25) is 5.91 Å². The van der Waals surface area contributed by atoms with Crippen LogP contribution >= 0.6 is 0 Å². The lowest BCUT2D eigenvalue weighted by Crippen LogP contribution is -2.44. The molecule has 0 aromatic carbocycles. The molecule has 2 atom stereocenters. The molecule has 0 spiro atoms. The van der Waals surface area contributed by atoms with E-state index in [1.807, 2.05) is 24.6 Å². The molecule has 1 aliphatic heterocycles.